The van der Waals surface area contributed by atoms with Crippen molar-refractivity contribution in [2.24, 2.45) is 5.73 Å². The molecule has 0 aliphatic carbocycles. The molecule has 1 amide bonds. The van der Waals surface area contributed by atoms with Gasteiger partial charge in [-0.3, -0.25) is 4.90 Å². The molecule has 6 nitrogen and oxygen atoms in total. The molecule has 2 rings (SSSR count). The molecule has 2 atom stereocenters. The number of carbonyl (C=O) groups is 1. The Morgan fingerprint density at radius 2 is 2.39 bits per heavy atom. The zero-order chi connectivity index (χ0) is 13.3. The molecule has 0 radical (unpaired) electrons. The van der Waals surface area contributed by atoms with Crippen LogP contribution in [0.1, 0.15) is 31.5 Å². The highest BCUT2D eigenvalue weighted by Gasteiger charge is 2.34. The number of ether oxygens (including phenoxy) is 1. The molecule has 98 valence electrons. The molecular weight excluding hydrogens is 234 g/mol. The van der Waals surface area contributed by atoms with Crippen molar-refractivity contribution in [3.63, 3.8) is 0 Å². The van der Waals surface area contributed by atoms with E-state index in [2.05, 4.69) is 4.98 Å². The summed E-state index contributed by atoms with van der Waals surface area (Å²) in [6.45, 7) is 1.95. The monoisotopic (exact) mass is 251 g/mol. The molecule has 0 fully saturated rings. The third kappa shape index (κ3) is 1.99. The van der Waals surface area contributed by atoms with E-state index >= 15 is 0 Å². The van der Waals surface area contributed by atoms with Crippen molar-refractivity contribution >= 4 is 11.8 Å². The number of anilines is 1. The smallest absolute Gasteiger partial charge is 0.412 e. The van der Waals surface area contributed by atoms with Gasteiger partial charge < -0.3 is 15.6 Å². The Kier molecular flexibility index (Phi) is 3.38. The van der Waals surface area contributed by atoms with Crippen molar-refractivity contribution in [1.82, 2.24) is 4.98 Å². The maximum absolute atomic E-state index is 11.4. The first-order valence-corrected chi connectivity index (χ1v) is 5.91. The number of carboxylic acid groups (broad SMARTS) is 1. The summed E-state index contributed by atoms with van der Waals surface area (Å²) in [7, 11) is 1.52. The van der Waals surface area contributed by atoms with E-state index in [-0.39, 0.29) is 12.1 Å². The third-order valence-electron chi connectivity index (χ3n) is 3.27. The fourth-order valence-electron chi connectivity index (χ4n) is 2.35. The van der Waals surface area contributed by atoms with Crippen molar-refractivity contribution in [2.45, 2.75) is 31.8 Å². The van der Waals surface area contributed by atoms with Crippen LogP contribution in [0.25, 0.3) is 0 Å². The lowest BCUT2D eigenvalue weighted by atomic mass is 9.94. The fraction of sp³-hybridized carbons (Fsp3) is 0.500. The molecule has 0 spiro atoms. The van der Waals surface area contributed by atoms with Gasteiger partial charge in [-0.05, 0) is 18.9 Å². The number of nitrogens with zero attached hydrogens (tertiary/aromatic N) is 2. The molecule has 0 bridgehead atoms. The average Bonchev–Trinajstić information content (AvgIpc) is 2.37. The second kappa shape index (κ2) is 4.81. The number of rotatable bonds is 2. The molecule has 1 aromatic rings. The highest BCUT2D eigenvalue weighted by atomic mass is 16.5. The first kappa shape index (κ1) is 12.6. The minimum absolute atomic E-state index is 0.0970. The largest absolute Gasteiger partial charge is 0.481 e. The molecule has 0 aromatic carbocycles. The van der Waals surface area contributed by atoms with Crippen LogP contribution in [0.5, 0.6) is 5.88 Å². The van der Waals surface area contributed by atoms with Crippen molar-refractivity contribution in [3.05, 3.63) is 17.8 Å². The van der Waals surface area contributed by atoms with Crippen LogP contribution < -0.4 is 15.4 Å². The number of amides is 1. The third-order valence-corrected chi connectivity index (χ3v) is 3.27. The van der Waals surface area contributed by atoms with Crippen LogP contribution in [0.3, 0.4) is 0 Å². The number of nitrogens with two attached hydrogens (primary N) is 1. The van der Waals surface area contributed by atoms with Crippen molar-refractivity contribution in [2.75, 3.05) is 12.0 Å². The van der Waals surface area contributed by atoms with Crippen LogP contribution >= 0.6 is 0 Å². The van der Waals surface area contributed by atoms with Crippen LogP contribution in [-0.2, 0) is 0 Å². The van der Waals surface area contributed by atoms with Crippen LogP contribution in [0, 0.1) is 0 Å². The Morgan fingerprint density at radius 3 is 2.94 bits per heavy atom. The molecule has 0 unspecified atom stereocenters. The van der Waals surface area contributed by atoms with Gasteiger partial charge in [-0.15, -0.1) is 0 Å². The molecule has 18 heavy (non-hydrogen) atoms. The number of aromatic nitrogens is 1. The fourth-order valence-corrected chi connectivity index (χ4v) is 2.35. The van der Waals surface area contributed by atoms with Gasteiger partial charge in [-0.25, -0.2) is 9.78 Å². The summed E-state index contributed by atoms with van der Waals surface area (Å²) < 4.78 is 5.04. The topological polar surface area (TPSA) is 88.7 Å². The summed E-state index contributed by atoms with van der Waals surface area (Å²) in [6.07, 6.45) is 0.337. The Hall–Kier alpha value is -1.82. The highest BCUT2D eigenvalue weighted by Crippen LogP contribution is 2.36. The van der Waals surface area contributed by atoms with E-state index in [0.29, 0.717) is 23.7 Å². The Bertz CT molecular complexity index is 464. The first-order valence-electron chi connectivity index (χ1n) is 5.91. The normalized spacial score (nSPS) is 22.5. The summed E-state index contributed by atoms with van der Waals surface area (Å²) in [6, 6.07) is 3.01. The second-order valence-corrected chi connectivity index (χ2v) is 4.31. The lowest BCUT2D eigenvalue weighted by Gasteiger charge is -2.36. The molecule has 2 heterocycles. The second-order valence-electron chi connectivity index (χ2n) is 4.31. The van der Waals surface area contributed by atoms with E-state index in [1.165, 1.54) is 12.0 Å². The van der Waals surface area contributed by atoms with Gasteiger partial charge in [0.05, 0.1) is 24.5 Å². The van der Waals surface area contributed by atoms with Crippen LogP contribution in [0.2, 0.25) is 0 Å². The number of hydrogen-bond acceptors (Lipinski definition) is 4. The number of hydrogen-bond donors (Lipinski definition) is 2. The predicted octanol–water partition coefficient (Wildman–Crippen LogP) is 1.76. The average molecular weight is 251 g/mol. The zero-order valence-corrected chi connectivity index (χ0v) is 10.5. The quantitative estimate of drug-likeness (QED) is 0.836. The predicted molar refractivity (Wildman–Crippen MR) is 66.9 cm³/mol. The van der Waals surface area contributed by atoms with Gasteiger partial charge in [-0.2, -0.15) is 0 Å². The van der Waals surface area contributed by atoms with Crippen LogP contribution in [-0.4, -0.2) is 29.3 Å². The van der Waals surface area contributed by atoms with Gasteiger partial charge in [-0.1, -0.05) is 6.92 Å². The zero-order valence-electron chi connectivity index (χ0n) is 10.5. The van der Waals surface area contributed by atoms with Gasteiger partial charge >= 0.3 is 6.09 Å². The molecular formula is C12H17N3O3. The maximum Gasteiger partial charge on any atom is 0.412 e. The van der Waals surface area contributed by atoms with Gasteiger partial charge in [0.25, 0.3) is 0 Å². The Balaban J connectivity index is 2.50. The van der Waals surface area contributed by atoms with Crippen molar-refractivity contribution in [3.8, 4) is 5.88 Å². The van der Waals surface area contributed by atoms with E-state index in [1.807, 2.05) is 6.92 Å². The van der Waals surface area contributed by atoms with E-state index in [9.17, 15) is 9.90 Å². The summed E-state index contributed by atoms with van der Waals surface area (Å²) in [4.78, 5) is 17.0. The van der Waals surface area contributed by atoms with E-state index < -0.39 is 6.09 Å². The molecule has 0 saturated heterocycles. The first-order chi connectivity index (χ1) is 8.58. The van der Waals surface area contributed by atoms with Crippen LogP contribution in [0.15, 0.2) is 12.1 Å². The van der Waals surface area contributed by atoms with E-state index in [1.54, 1.807) is 12.1 Å². The summed E-state index contributed by atoms with van der Waals surface area (Å²) >= 11 is 0. The SMILES string of the molecule is CC[C@@H]1C[C@H](N)c2nc(OC)ccc2N1C(=O)O. The molecule has 1 aliphatic rings. The van der Waals surface area contributed by atoms with Crippen molar-refractivity contribution < 1.29 is 14.6 Å². The minimum Gasteiger partial charge on any atom is -0.481 e. The Labute approximate surface area is 105 Å². The maximum atomic E-state index is 11.4. The lowest BCUT2D eigenvalue weighted by Crippen LogP contribution is -2.45. The van der Waals surface area contributed by atoms with Gasteiger partial charge in [0.15, 0.2) is 0 Å². The lowest BCUT2D eigenvalue weighted by molar-refractivity contribution is 0.196. The van der Waals surface area contributed by atoms with Gasteiger partial charge in [0.1, 0.15) is 0 Å². The van der Waals surface area contributed by atoms with E-state index in [4.69, 9.17) is 10.5 Å². The molecule has 3 N–H and O–H groups in total. The van der Waals surface area contributed by atoms with E-state index in [0.717, 1.165) is 6.42 Å². The number of fused-ring (bicyclic) bond motifs is 1. The summed E-state index contributed by atoms with van der Waals surface area (Å²) in [5, 5.41) is 9.33. The summed E-state index contributed by atoms with van der Waals surface area (Å²) in [5.74, 6) is 0.449. The Morgan fingerprint density at radius 1 is 1.67 bits per heavy atom. The van der Waals surface area contributed by atoms with Crippen LogP contribution in [0.4, 0.5) is 10.5 Å². The highest BCUT2D eigenvalue weighted by molar-refractivity contribution is 5.88. The summed E-state index contributed by atoms with van der Waals surface area (Å²) in [5.41, 5.74) is 7.21. The van der Waals surface area contributed by atoms with Gasteiger partial charge in [0.2, 0.25) is 5.88 Å². The van der Waals surface area contributed by atoms with Gasteiger partial charge in [0, 0.05) is 12.1 Å². The molecule has 0 saturated carbocycles. The number of pyridine rings is 1. The molecule has 1 aromatic heterocycles. The van der Waals surface area contributed by atoms with Crippen molar-refractivity contribution in [1.29, 1.82) is 0 Å². The standard InChI is InChI=1S/C12H17N3O3/c1-3-7-6-8(13)11-9(15(7)12(16)17)4-5-10(14-11)18-2/h4-5,7-8H,3,6,13H2,1-2H3,(H,16,17)/t7-,8+/m1/s1. The molecule has 6 heteroatoms. The molecule has 1 aliphatic heterocycles. The minimum atomic E-state index is -0.970. The number of methoxy groups -OCH3 is 1.